The zero-order chi connectivity index (χ0) is 32.0. The topological polar surface area (TPSA) is 119 Å². The summed E-state index contributed by atoms with van der Waals surface area (Å²) in [5.74, 6) is 1.69. The van der Waals surface area contributed by atoms with Crippen LogP contribution in [0.25, 0.3) is 0 Å². The van der Waals surface area contributed by atoms with Crippen LogP contribution >= 0.6 is 0 Å². The molecule has 0 fully saturated rings. The highest BCUT2D eigenvalue weighted by Crippen LogP contribution is 2.38. The van der Waals surface area contributed by atoms with E-state index in [9.17, 15) is 19.2 Å². The number of nitrogens with one attached hydrogen (secondary N) is 1. The summed E-state index contributed by atoms with van der Waals surface area (Å²) in [6, 6.07) is 14.7. The van der Waals surface area contributed by atoms with E-state index in [0.717, 1.165) is 44.1 Å². The lowest BCUT2D eigenvalue weighted by molar-refractivity contribution is -0.119. The van der Waals surface area contributed by atoms with Gasteiger partial charge in [0.15, 0.2) is 0 Å². The third-order valence-electron chi connectivity index (χ3n) is 7.06. The summed E-state index contributed by atoms with van der Waals surface area (Å²) in [5, 5.41) is 2.62. The number of ether oxygens (including phenoxy) is 1. The lowest BCUT2D eigenvalue weighted by Gasteiger charge is -2.22. The summed E-state index contributed by atoms with van der Waals surface area (Å²) in [7, 11) is 0. The minimum Gasteiger partial charge on any atom is -0.375 e. The van der Waals surface area contributed by atoms with Gasteiger partial charge >= 0.3 is 0 Å². The van der Waals surface area contributed by atoms with Gasteiger partial charge < -0.3 is 20.7 Å². The number of nitrogens with zero attached hydrogens (tertiary/aromatic N) is 1. The van der Waals surface area contributed by atoms with E-state index in [1.807, 2.05) is 56.9 Å². The fraction of sp³-hybridized carbons (Fsp3) is 0.514. The quantitative estimate of drug-likeness (QED) is 0.177. The van der Waals surface area contributed by atoms with E-state index in [1.165, 1.54) is 28.5 Å². The fourth-order valence-electron chi connectivity index (χ4n) is 5.09. The van der Waals surface area contributed by atoms with Gasteiger partial charge in [0, 0.05) is 18.9 Å². The Morgan fingerprint density at radius 2 is 1.77 bits per heavy atom. The zero-order valence-corrected chi connectivity index (χ0v) is 26.7. The van der Waals surface area contributed by atoms with Crippen molar-refractivity contribution < 1.29 is 23.9 Å². The van der Waals surface area contributed by atoms with Gasteiger partial charge in [0.1, 0.15) is 5.94 Å². The Kier molecular flexibility index (Phi) is 19.0. The minimum atomic E-state index is -0.396. The molecule has 2 aliphatic heterocycles. The van der Waals surface area contributed by atoms with Crippen LogP contribution in [0.4, 0.5) is 5.69 Å². The number of primary amides is 1. The molecule has 2 aromatic rings. The number of unbranched alkanes of at least 4 members (excludes halogenated alkanes) is 1. The Balaban J connectivity index is 0.000000413. The molecule has 8 heteroatoms. The van der Waals surface area contributed by atoms with Crippen molar-refractivity contribution in [2.24, 2.45) is 5.73 Å². The number of carbonyl (C=O) groups is 3. The van der Waals surface area contributed by atoms with Gasteiger partial charge in [-0.1, -0.05) is 70.2 Å². The Labute approximate surface area is 258 Å². The molecule has 0 saturated heterocycles. The van der Waals surface area contributed by atoms with E-state index in [4.69, 9.17) is 10.5 Å². The summed E-state index contributed by atoms with van der Waals surface area (Å²) >= 11 is 0. The first kappa shape index (κ1) is 37.3. The van der Waals surface area contributed by atoms with Crippen LogP contribution in [0.5, 0.6) is 0 Å². The van der Waals surface area contributed by atoms with Crippen molar-refractivity contribution in [3.8, 4) is 0 Å². The van der Waals surface area contributed by atoms with Gasteiger partial charge in [0.05, 0.1) is 24.9 Å². The molecule has 3 amide bonds. The second kappa shape index (κ2) is 21.9. The number of nitrogens with two attached hydrogens (primary N) is 1. The maximum absolute atomic E-state index is 12.0. The van der Waals surface area contributed by atoms with Gasteiger partial charge in [0.2, 0.25) is 18.2 Å². The maximum Gasteiger partial charge on any atom is 0.227 e. The maximum atomic E-state index is 12.0. The van der Waals surface area contributed by atoms with Crippen LogP contribution in [0.15, 0.2) is 48.5 Å². The number of para-hydroxylation sites is 1. The second-order valence-electron chi connectivity index (χ2n) is 10.1. The highest BCUT2D eigenvalue weighted by atomic mass is 16.5. The number of rotatable bonds is 13. The van der Waals surface area contributed by atoms with Crippen molar-refractivity contribution in [1.29, 1.82) is 0 Å². The van der Waals surface area contributed by atoms with E-state index in [1.54, 1.807) is 5.94 Å². The van der Waals surface area contributed by atoms with E-state index < -0.39 is 5.91 Å². The summed E-state index contributed by atoms with van der Waals surface area (Å²) in [6.45, 7) is 10.9. The monoisotopic (exact) mass is 593 g/mol. The number of anilines is 1. The molecule has 8 nitrogen and oxygen atoms in total. The van der Waals surface area contributed by atoms with Crippen LogP contribution in [-0.2, 0) is 49.8 Å². The molecule has 2 heterocycles. The largest absolute Gasteiger partial charge is 0.375 e. The summed E-state index contributed by atoms with van der Waals surface area (Å²) < 4.78 is 5.60. The number of benzene rings is 2. The Bertz CT molecular complexity index is 1160. The number of allylic oxidation sites excluding steroid dienone is 1. The molecular weight excluding hydrogens is 542 g/mol. The SMILES string of the molecule is CC.CC.C[C@@H]1Cc2cccc3c2N1C(=O)CCC3.NC(=O)CCC(COCc1ccc(CCCC=C=O)cc1)NC=O. The van der Waals surface area contributed by atoms with Gasteiger partial charge in [-0.15, -0.1) is 0 Å². The molecule has 2 aromatic carbocycles. The molecular formula is C35H51N3O5. The normalized spacial score (nSPS) is 15.0. The van der Waals surface area contributed by atoms with Gasteiger partial charge in [-0.05, 0) is 80.2 Å². The molecule has 4 rings (SSSR count). The lowest BCUT2D eigenvalue weighted by atomic mass is 10.0. The van der Waals surface area contributed by atoms with Crippen LogP contribution in [0.3, 0.4) is 0 Å². The van der Waals surface area contributed by atoms with E-state index in [2.05, 4.69) is 30.4 Å². The van der Waals surface area contributed by atoms with Crippen LogP contribution in [0.2, 0.25) is 0 Å². The molecule has 3 N–H and O–H groups in total. The molecule has 2 aliphatic rings. The Morgan fingerprint density at radius 3 is 2.42 bits per heavy atom. The van der Waals surface area contributed by atoms with Gasteiger partial charge in [-0.3, -0.25) is 14.4 Å². The highest BCUT2D eigenvalue weighted by molar-refractivity contribution is 5.97. The van der Waals surface area contributed by atoms with Crippen molar-refractivity contribution in [2.45, 2.75) is 111 Å². The average molecular weight is 594 g/mol. The molecule has 0 bridgehead atoms. The molecule has 0 aromatic heterocycles. The van der Waals surface area contributed by atoms with Crippen LogP contribution in [0, 0.1) is 0 Å². The molecule has 0 saturated carbocycles. The van der Waals surface area contributed by atoms with Gasteiger partial charge in [0.25, 0.3) is 0 Å². The molecule has 1 unspecified atom stereocenters. The highest BCUT2D eigenvalue weighted by Gasteiger charge is 2.33. The van der Waals surface area contributed by atoms with Gasteiger partial charge in [-0.2, -0.15) is 0 Å². The average Bonchev–Trinajstić information content (AvgIpc) is 3.27. The molecule has 0 aliphatic carbocycles. The van der Waals surface area contributed by atoms with Gasteiger partial charge in [-0.25, -0.2) is 4.79 Å². The number of carbonyl (C=O) groups excluding carboxylic acids is 4. The molecule has 0 spiro atoms. The lowest BCUT2D eigenvalue weighted by Crippen LogP contribution is -2.35. The molecule has 236 valence electrons. The van der Waals surface area contributed by atoms with Crippen LogP contribution in [-0.4, -0.2) is 42.9 Å². The van der Waals surface area contributed by atoms with Crippen molar-refractivity contribution in [3.05, 3.63) is 70.8 Å². The minimum absolute atomic E-state index is 0.211. The Hall–Kier alpha value is -3.74. The zero-order valence-electron chi connectivity index (χ0n) is 26.7. The standard InChI is InChI=1S/C18H24N2O4.C13H15NO.2C2H6/c19-18(23)10-9-17(20-14-22)13-24-12-16-7-5-15(6-8-16)4-2-1-3-11-21;1-9-8-11-6-2-4-10-5-3-7-12(15)14(9)13(10)11;2*1-2/h3,5-8,14,17H,1-2,4,9-10,12-13H2,(H2,19,23)(H,20,22);2,4,6,9H,3,5,7-8H2,1H3;2*1-2H3/t;9-;;/m.1../s1. The van der Waals surface area contributed by atoms with Crippen LogP contribution < -0.4 is 16.0 Å². The van der Waals surface area contributed by atoms with Crippen molar-refractivity contribution in [1.82, 2.24) is 5.32 Å². The third-order valence-corrected chi connectivity index (χ3v) is 7.06. The fourth-order valence-corrected chi connectivity index (χ4v) is 5.09. The smallest absolute Gasteiger partial charge is 0.227 e. The number of aryl methyl sites for hydroxylation is 2. The number of hydrogen-bond acceptors (Lipinski definition) is 5. The number of amides is 3. The van der Waals surface area contributed by atoms with Crippen molar-refractivity contribution in [3.63, 3.8) is 0 Å². The van der Waals surface area contributed by atoms with E-state index in [0.29, 0.717) is 44.4 Å². The summed E-state index contributed by atoms with van der Waals surface area (Å²) in [4.78, 5) is 45.4. The first-order valence-corrected chi connectivity index (χ1v) is 15.7. The molecule has 2 atom stereocenters. The summed E-state index contributed by atoms with van der Waals surface area (Å²) in [6.07, 6.45) is 9.13. The summed E-state index contributed by atoms with van der Waals surface area (Å²) in [5.41, 5.74) is 11.3. The number of hydrogen-bond donors (Lipinski definition) is 2. The predicted octanol–water partition coefficient (Wildman–Crippen LogP) is 5.65. The van der Waals surface area contributed by atoms with E-state index in [-0.39, 0.29) is 12.5 Å². The van der Waals surface area contributed by atoms with Crippen molar-refractivity contribution >= 4 is 29.9 Å². The van der Waals surface area contributed by atoms with E-state index >= 15 is 0 Å². The molecule has 43 heavy (non-hydrogen) atoms. The first-order chi connectivity index (χ1) is 20.9. The first-order valence-electron chi connectivity index (χ1n) is 15.7. The third kappa shape index (κ3) is 13.0. The van der Waals surface area contributed by atoms with Crippen molar-refractivity contribution in [2.75, 3.05) is 11.5 Å². The predicted molar refractivity (Wildman–Crippen MR) is 173 cm³/mol. The van der Waals surface area contributed by atoms with Crippen LogP contribution in [0.1, 0.15) is 95.4 Å². The second-order valence-corrected chi connectivity index (χ2v) is 10.1. The Morgan fingerprint density at radius 1 is 1.09 bits per heavy atom. The molecule has 0 radical (unpaired) electrons.